The van der Waals surface area contributed by atoms with Crippen LogP contribution in [-0.4, -0.2) is 6.54 Å². The quantitative estimate of drug-likeness (QED) is 0.814. The highest BCUT2D eigenvalue weighted by Crippen LogP contribution is 2.31. The van der Waals surface area contributed by atoms with Gasteiger partial charge in [-0.3, -0.25) is 0 Å². The maximum atomic E-state index is 13.4. The molecule has 1 fully saturated rings. The number of rotatable bonds is 1. The van der Waals surface area contributed by atoms with Gasteiger partial charge >= 0.3 is 0 Å². The average molecular weight is 258 g/mol. The van der Waals surface area contributed by atoms with Crippen LogP contribution in [0.4, 0.5) is 4.39 Å². The molecule has 1 aliphatic heterocycles. The molecule has 1 nitrogen and oxygen atoms in total. The van der Waals surface area contributed by atoms with Gasteiger partial charge in [0.25, 0.3) is 0 Å². The van der Waals surface area contributed by atoms with Crippen molar-refractivity contribution in [1.82, 2.24) is 5.32 Å². The van der Waals surface area contributed by atoms with Gasteiger partial charge in [0.1, 0.15) is 5.82 Å². The summed E-state index contributed by atoms with van der Waals surface area (Å²) >= 11 is 3.31. The Labute approximate surface area is 91.8 Å². The summed E-state index contributed by atoms with van der Waals surface area (Å²) in [7, 11) is 0. The topological polar surface area (TPSA) is 12.0 Å². The fraction of sp³-hybridized carbons (Fsp3) is 0.455. The van der Waals surface area contributed by atoms with E-state index in [1.165, 1.54) is 6.42 Å². The molecule has 0 radical (unpaired) electrons. The smallest absolute Gasteiger partial charge is 0.137 e. The van der Waals surface area contributed by atoms with Crippen LogP contribution in [-0.2, 0) is 0 Å². The van der Waals surface area contributed by atoms with E-state index in [9.17, 15) is 4.39 Å². The van der Waals surface area contributed by atoms with Crippen molar-refractivity contribution in [2.24, 2.45) is 0 Å². The second-order valence-corrected chi connectivity index (χ2v) is 4.59. The lowest BCUT2D eigenvalue weighted by Gasteiger charge is -2.14. The number of hydrogen-bond donors (Lipinski definition) is 1. The molecule has 0 spiro atoms. The van der Waals surface area contributed by atoms with Crippen LogP contribution in [0.25, 0.3) is 0 Å². The molecule has 0 aromatic heterocycles. The van der Waals surface area contributed by atoms with Gasteiger partial charge < -0.3 is 5.32 Å². The van der Waals surface area contributed by atoms with Gasteiger partial charge in [-0.2, -0.15) is 0 Å². The number of benzene rings is 1. The third kappa shape index (κ3) is 1.84. The lowest BCUT2D eigenvalue weighted by molar-refractivity contribution is 0.596. The molecule has 1 saturated heterocycles. The molecular weight excluding hydrogens is 245 g/mol. The van der Waals surface area contributed by atoms with E-state index < -0.39 is 0 Å². The first-order valence-electron chi connectivity index (χ1n) is 4.87. The SMILES string of the molecule is Cc1cc(F)c(Br)c(C2CCCN2)c1. The minimum Gasteiger partial charge on any atom is -0.310 e. The lowest BCUT2D eigenvalue weighted by atomic mass is 10.0. The average Bonchev–Trinajstić information content (AvgIpc) is 2.63. The third-order valence-electron chi connectivity index (χ3n) is 2.64. The highest BCUT2D eigenvalue weighted by atomic mass is 79.9. The van der Waals surface area contributed by atoms with E-state index in [0.717, 1.165) is 24.1 Å². The Morgan fingerprint density at radius 1 is 1.50 bits per heavy atom. The summed E-state index contributed by atoms with van der Waals surface area (Å²) in [6, 6.07) is 3.93. The predicted octanol–water partition coefficient (Wildman–Crippen LogP) is 3.32. The zero-order valence-corrected chi connectivity index (χ0v) is 9.70. The van der Waals surface area contributed by atoms with E-state index >= 15 is 0 Å². The van der Waals surface area contributed by atoms with Crippen molar-refractivity contribution >= 4 is 15.9 Å². The first kappa shape index (κ1) is 10.1. The third-order valence-corrected chi connectivity index (χ3v) is 3.47. The van der Waals surface area contributed by atoms with Crippen molar-refractivity contribution in [3.8, 4) is 0 Å². The molecule has 3 heteroatoms. The fourth-order valence-corrected chi connectivity index (χ4v) is 2.46. The highest BCUT2D eigenvalue weighted by Gasteiger charge is 2.20. The van der Waals surface area contributed by atoms with Crippen molar-refractivity contribution < 1.29 is 4.39 Å². The Morgan fingerprint density at radius 2 is 2.29 bits per heavy atom. The van der Waals surface area contributed by atoms with E-state index in [2.05, 4.69) is 27.3 Å². The Balaban J connectivity index is 2.40. The van der Waals surface area contributed by atoms with E-state index in [1.807, 2.05) is 6.92 Å². The van der Waals surface area contributed by atoms with Crippen LogP contribution in [0.5, 0.6) is 0 Å². The monoisotopic (exact) mass is 257 g/mol. The van der Waals surface area contributed by atoms with Crippen LogP contribution in [0.2, 0.25) is 0 Å². The molecule has 1 aromatic carbocycles. The number of hydrogen-bond acceptors (Lipinski definition) is 1. The predicted molar refractivity (Wildman–Crippen MR) is 58.8 cm³/mol. The minimum atomic E-state index is -0.159. The van der Waals surface area contributed by atoms with Gasteiger partial charge in [0.05, 0.1) is 4.47 Å². The summed E-state index contributed by atoms with van der Waals surface area (Å²) < 4.78 is 14.0. The molecule has 0 bridgehead atoms. The fourth-order valence-electron chi connectivity index (χ4n) is 1.96. The van der Waals surface area contributed by atoms with Crippen molar-refractivity contribution in [1.29, 1.82) is 0 Å². The van der Waals surface area contributed by atoms with Gasteiger partial charge in [0, 0.05) is 6.04 Å². The molecule has 2 rings (SSSR count). The maximum absolute atomic E-state index is 13.4. The van der Waals surface area contributed by atoms with E-state index in [-0.39, 0.29) is 5.82 Å². The Kier molecular flexibility index (Phi) is 2.88. The molecular formula is C11H13BrFN. The van der Waals surface area contributed by atoms with Crippen LogP contribution < -0.4 is 5.32 Å². The normalized spacial score (nSPS) is 21.5. The standard InChI is InChI=1S/C11H13BrFN/c1-7-5-8(10-3-2-4-14-10)11(12)9(13)6-7/h5-6,10,14H,2-4H2,1H3. The Hall–Kier alpha value is -0.410. The molecule has 1 unspecified atom stereocenters. The first-order valence-corrected chi connectivity index (χ1v) is 5.66. The molecule has 0 amide bonds. The summed E-state index contributed by atoms with van der Waals surface area (Å²) in [6.45, 7) is 2.96. The Morgan fingerprint density at radius 3 is 2.93 bits per heavy atom. The number of aryl methyl sites for hydroxylation is 1. The summed E-state index contributed by atoms with van der Waals surface area (Å²) in [5.41, 5.74) is 2.04. The summed E-state index contributed by atoms with van der Waals surface area (Å²) in [5, 5.41) is 3.37. The van der Waals surface area contributed by atoms with E-state index in [4.69, 9.17) is 0 Å². The molecule has 14 heavy (non-hydrogen) atoms. The van der Waals surface area contributed by atoms with Gasteiger partial charge in [-0.15, -0.1) is 0 Å². The molecule has 1 heterocycles. The van der Waals surface area contributed by atoms with Gasteiger partial charge in [0.15, 0.2) is 0 Å². The van der Waals surface area contributed by atoms with Crippen LogP contribution in [0.3, 0.4) is 0 Å². The molecule has 0 saturated carbocycles. The summed E-state index contributed by atoms with van der Waals surface area (Å²) in [4.78, 5) is 0. The van der Waals surface area contributed by atoms with Gasteiger partial charge in [-0.1, -0.05) is 6.07 Å². The highest BCUT2D eigenvalue weighted by molar-refractivity contribution is 9.10. The second kappa shape index (κ2) is 3.99. The number of nitrogens with one attached hydrogen (secondary N) is 1. The zero-order chi connectivity index (χ0) is 10.1. The Bertz CT molecular complexity index is 345. The van der Waals surface area contributed by atoms with Crippen molar-refractivity contribution in [2.45, 2.75) is 25.8 Å². The van der Waals surface area contributed by atoms with Crippen LogP contribution in [0.1, 0.15) is 30.0 Å². The molecule has 1 aromatic rings. The van der Waals surface area contributed by atoms with Crippen molar-refractivity contribution in [3.05, 3.63) is 33.5 Å². The maximum Gasteiger partial charge on any atom is 0.137 e. The van der Waals surface area contributed by atoms with Crippen LogP contribution >= 0.6 is 15.9 Å². The molecule has 1 N–H and O–H groups in total. The van der Waals surface area contributed by atoms with Gasteiger partial charge in [0.2, 0.25) is 0 Å². The first-order chi connectivity index (χ1) is 6.68. The zero-order valence-electron chi connectivity index (χ0n) is 8.11. The second-order valence-electron chi connectivity index (χ2n) is 3.80. The van der Waals surface area contributed by atoms with Crippen LogP contribution in [0.15, 0.2) is 16.6 Å². The molecule has 76 valence electrons. The summed E-state index contributed by atoms with van der Waals surface area (Å²) in [5.74, 6) is -0.159. The summed E-state index contributed by atoms with van der Waals surface area (Å²) in [6.07, 6.45) is 2.27. The minimum absolute atomic E-state index is 0.159. The van der Waals surface area contributed by atoms with E-state index in [1.54, 1.807) is 6.07 Å². The largest absolute Gasteiger partial charge is 0.310 e. The van der Waals surface area contributed by atoms with Crippen molar-refractivity contribution in [2.75, 3.05) is 6.54 Å². The number of halogens is 2. The molecule has 1 atom stereocenters. The van der Waals surface area contributed by atoms with Crippen molar-refractivity contribution in [3.63, 3.8) is 0 Å². The van der Waals surface area contributed by atoms with E-state index in [0.29, 0.717) is 10.5 Å². The van der Waals surface area contributed by atoms with Crippen LogP contribution in [0, 0.1) is 12.7 Å². The van der Waals surface area contributed by atoms with Gasteiger partial charge in [-0.05, 0) is 59.4 Å². The molecule has 0 aliphatic carbocycles. The van der Waals surface area contributed by atoms with Gasteiger partial charge in [-0.25, -0.2) is 4.39 Å². The molecule has 1 aliphatic rings. The lowest BCUT2D eigenvalue weighted by Crippen LogP contribution is -2.14.